The summed E-state index contributed by atoms with van der Waals surface area (Å²) in [6, 6.07) is -1.03. The van der Waals surface area contributed by atoms with Crippen molar-refractivity contribution in [3.8, 4) is 5.88 Å². The topological polar surface area (TPSA) is 243 Å². The summed E-state index contributed by atoms with van der Waals surface area (Å²) in [4.78, 5) is 62.2. The van der Waals surface area contributed by atoms with Crippen molar-refractivity contribution in [2.75, 3.05) is 18.1 Å². The molecule has 0 saturated carbocycles. The van der Waals surface area contributed by atoms with Crippen LogP contribution in [0.3, 0.4) is 0 Å². The Morgan fingerprint density at radius 3 is 2.41 bits per heavy atom. The molecule has 0 aliphatic carbocycles. The number of hydrogen-bond donors (Lipinski definition) is 2. The number of aromatic nitrogens is 2. The monoisotopic (exact) mass is 528 g/mol. The molecule has 2 rings (SSSR count). The molecule has 0 radical (unpaired) electrons. The minimum Gasteiger partial charge on any atom is -0.859 e. The van der Waals surface area contributed by atoms with Crippen molar-refractivity contribution < 1.29 is 76.6 Å². The first kappa shape index (κ1) is 29.7. The first-order chi connectivity index (χ1) is 15.5. The molecule has 0 atom stereocenters. The minimum absolute atomic E-state index is 0. The maximum atomic E-state index is 12.4. The first-order valence-electron chi connectivity index (χ1n) is 8.57. The van der Waals surface area contributed by atoms with Gasteiger partial charge in [0, 0.05) is 36.4 Å². The number of nitrogens with one attached hydrogen (secondary N) is 2. The number of amides is 4. The molecule has 34 heavy (non-hydrogen) atoms. The van der Waals surface area contributed by atoms with Crippen LogP contribution in [0.25, 0.3) is 6.08 Å². The maximum absolute atomic E-state index is 12.4. The van der Waals surface area contributed by atoms with E-state index >= 15 is 0 Å². The number of allylic oxidation sites excluding steroid dienone is 2. The number of urea groups is 1. The third-order valence-electron chi connectivity index (χ3n) is 3.94. The third-order valence-corrected chi connectivity index (χ3v) is 5.12. The van der Waals surface area contributed by atoms with E-state index < -0.39 is 68.5 Å². The summed E-state index contributed by atoms with van der Waals surface area (Å²) in [5.74, 6) is -4.47. The molecule has 1 aliphatic heterocycles. The number of aromatic amines is 1. The number of imide groups is 2. The Hall–Kier alpha value is -2.29. The molecule has 180 valence electrons. The average molecular weight is 528 g/mol. The van der Waals surface area contributed by atoms with E-state index in [2.05, 4.69) is 9.37 Å². The van der Waals surface area contributed by atoms with Crippen molar-refractivity contribution in [2.24, 2.45) is 0 Å². The van der Waals surface area contributed by atoms with Crippen LogP contribution in [0.1, 0.15) is 5.56 Å². The molecule has 0 aromatic carbocycles. The van der Waals surface area contributed by atoms with Crippen LogP contribution < -0.4 is 56.5 Å². The fourth-order valence-electron chi connectivity index (χ4n) is 2.46. The first-order valence-corrected chi connectivity index (χ1v) is 11.1. The largest absolute Gasteiger partial charge is 1.00 e. The Bertz CT molecular complexity index is 1240. The van der Waals surface area contributed by atoms with Crippen molar-refractivity contribution in [3.05, 3.63) is 44.1 Å². The predicted octanol–water partition coefficient (Wildman–Crippen LogP) is -6.95. The normalized spacial score (nSPS) is 15.6. The molecule has 1 aliphatic rings. The number of carbonyl (C=O) groups is 3. The second kappa shape index (κ2) is 13.0. The van der Waals surface area contributed by atoms with Gasteiger partial charge in [-0.15, -0.1) is 0 Å². The summed E-state index contributed by atoms with van der Waals surface area (Å²) < 4.78 is 36.6. The molecule has 0 bridgehead atoms. The zero-order valence-corrected chi connectivity index (χ0v) is 20.8. The number of H-pyrrole nitrogens is 1. The predicted molar refractivity (Wildman–Crippen MR) is 102 cm³/mol. The molecule has 0 unspecified atom stereocenters. The van der Waals surface area contributed by atoms with Gasteiger partial charge in [0.15, 0.2) is 0 Å². The van der Waals surface area contributed by atoms with E-state index in [9.17, 15) is 47.3 Å². The number of carbonyl (C=O) groups excluding carboxylic acids is 3. The molecule has 4 amide bonds. The molecule has 2 heterocycles. The van der Waals surface area contributed by atoms with Crippen LogP contribution in [0.5, 0.6) is 5.88 Å². The fraction of sp³-hybridized carbons (Fsp3) is 0.267. The van der Waals surface area contributed by atoms with Gasteiger partial charge in [-0.3, -0.25) is 34.6 Å². The van der Waals surface area contributed by atoms with Gasteiger partial charge in [-0.2, -0.15) is 4.33 Å². The van der Waals surface area contributed by atoms with Crippen LogP contribution in [0.15, 0.2) is 27.3 Å². The minimum atomic E-state index is -4.76. The van der Waals surface area contributed by atoms with Crippen molar-refractivity contribution in [2.45, 2.75) is 6.54 Å². The molecule has 2 N–H and O–H groups in total. The zero-order chi connectivity index (χ0) is 24.8. The van der Waals surface area contributed by atoms with E-state index in [1.165, 1.54) is 0 Å². The Morgan fingerprint density at radius 1 is 1.12 bits per heavy atom. The Labute approximate surface area is 216 Å². The van der Waals surface area contributed by atoms with Gasteiger partial charge in [0.1, 0.15) is 5.57 Å². The molecule has 1 aromatic rings. The van der Waals surface area contributed by atoms with E-state index in [0.717, 1.165) is 18.2 Å². The van der Waals surface area contributed by atoms with Gasteiger partial charge in [-0.05, 0) is 18.0 Å². The molecule has 1 fully saturated rings. The van der Waals surface area contributed by atoms with Crippen LogP contribution in [0.2, 0.25) is 0 Å². The summed E-state index contributed by atoms with van der Waals surface area (Å²) >= 11 is 0.494. The van der Waals surface area contributed by atoms with Crippen molar-refractivity contribution >= 4 is 46.1 Å². The number of nitrogens with zero attached hydrogens (tertiary/aromatic N) is 2. The van der Waals surface area contributed by atoms with Gasteiger partial charge >= 0.3 is 41.3 Å². The molecule has 16 nitrogen and oxygen atoms in total. The average Bonchev–Trinajstić information content (AvgIpc) is 2.70. The van der Waals surface area contributed by atoms with Crippen molar-refractivity contribution in [1.82, 2.24) is 19.8 Å². The molecular weight excluding hydrogens is 515 g/mol. The Morgan fingerprint density at radius 2 is 1.79 bits per heavy atom. The second-order valence-electron chi connectivity index (χ2n) is 6.01. The summed E-state index contributed by atoms with van der Waals surface area (Å²) in [6.07, 6.45) is 2.67. The van der Waals surface area contributed by atoms with E-state index in [4.69, 9.17) is 0 Å². The van der Waals surface area contributed by atoms with Gasteiger partial charge in [-0.25, -0.2) is 18.0 Å². The van der Waals surface area contributed by atoms with E-state index in [-0.39, 0.29) is 41.9 Å². The van der Waals surface area contributed by atoms with Gasteiger partial charge in [0.2, 0.25) is 0 Å². The standard InChI is InChI=1S/C15H16N4O12S2.Na/c20-10-8(12(22)18(14(24)16-10)4-6-32-31-30-26)2-1-3-9-11(21)17-15(25)19(13(9)23)5-7-33(27,28)29;/h1-3,23,26H,4-7H2,(H,16,20,24)(H,17,21,25)(H,27,28,29);/q;+1/p-3/b3-1+,8-2+;. The Balaban J connectivity index is 0.00000578. The quantitative estimate of drug-likeness (QED) is 0.0419. The van der Waals surface area contributed by atoms with Crippen molar-refractivity contribution in [1.29, 1.82) is 0 Å². The molecule has 0 spiro atoms. The summed E-state index contributed by atoms with van der Waals surface area (Å²) in [5.41, 5.74) is -3.58. The Kier molecular flexibility index (Phi) is 11.3. The van der Waals surface area contributed by atoms with E-state index in [0.29, 0.717) is 21.5 Å². The fourth-order valence-corrected chi connectivity index (χ4v) is 3.23. The summed E-state index contributed by atoms with van der Waals surface area (Å²) in [7, 11) is -4.76. The van der Waals surface area contributed by atoms with Crippen LogP contribution >= 0.6 is 12.0 Å². The van der Waals surface area contributed by atoms with Crippen LogP contribution in [0, 0.1) is 0 Å². The van der Waals surface area contributed by atoms with Gasteiger partial charge < -0.3 is 19.5 Å². The van der Waals surface area contributed by atoms with Crippen molar-refractivity contribution in [3.63, 3.8) is 0 Å². The summed E-state index contributed by atoms with van der Waals surface area (Å²) in [6.45, 7) is -1.08. The van der Waals surface area contributed by atoms with Crippen LogP contribution in [-0.2, 0) is 35.6 Å². The number of hydrogen-bond acceptors (Lipinski definition) is 13. The van der Waals surface area contributed by atoms with Gasteiger partial charge in [0.25, 0.3) is 17.4 Å². The SMILES string of the molecule is O=C1NC(=O)N(CCSOO[O-])C(=O)/C1=C/C=C/c1c([O-])n(CCS(=O)(=O)[O-])c(=O)[nH]c1=O.[Na+]. The molecule has 1 aromatic heterocycles. The van der Waals surface area contributed by atoms with Gasteiger partial charge in [-0.1, -0.05) is 6.08 Å². The zero-order valence-electron chi connectivity index (χ0n) is 17.2. The number of barbiturate groups is 1. The molecule has 19 heteroatoms. The van der Waals surface area contributed by atoms with E-state index in [1.807, 2.05) is 5.32 Å². The van der Waals surface area contributed by atoms with Crippen LogP contribution in [-0.4, -0.2) is 63.3 Å². The molecule has 1 saturated heterocycles. The van der Waals surface area contributed by atoms with Crippen LogP contribution in [0.4, 0.5) is 4.79 Å². The third kappa shape index (κ3) is 7.89. The number of rotatable bonds is 10. The maximum Gasteiger partial charge on any atom is 1.00 e. The van der Waals surface area contributed by atoms with E-state index in [1.54, 1.807) is 4.98 Å². The molecular formula is C15H13N4NaO12S2-2. The summed E-state index contributed by atoms with van der Waals surface area (Å²) in [5, 5.41) is 27.1. The second-order valence-corrected chi connectivity index (χ2v) is 8.31. The smallest absolute Gasteiger partial charge is 0.859 e. The van der Waals surface area contributed by atoms with Gasteiger partial charge in [0.05, 0.1) is 15.9 Å².